The van der Waals surface area contributed by atoms with E-state index in [0.29, 0.717) is 12.4 Å². The normalized spacial score (nSPS) is 10.8. The van der Waals surface area contributed by atoms with Gasteiger partial charge in [-0.25, -0.2) is 9.97 Å². The van der Waals surface area contributed by atoms with Crippen molar-refractivity contribution in [2.24, 2.45) is 0 Å². The summed E-state index contributed by atoms with van der Waals surface area (Å²) in [5.74, 6) is 1.42. The smallest absolute Gasteiger partial charge is 0.170 e. The largest absolute Gasteiger partial charge is 0.493 e. The van der Waals surface area contributed by atoms with Gasteiger partial charge in [0.1, 0.15) is 0 Å². The van der Waals surface area contributed by atoms with Gasteiger partial charge >= 0.3 is 0 Å². The fourth-order valence-corrected chi connectivity index (χ4v) is 3.18. The van der Waals surface area contributed by atoms with Crippen molar-refractivity contribution in [2.75, 3.05) is 13.7 Å². The lowest BCUT2D eigenvalue weighted by molar-refractivity contribution is 0.284. The molecule has 2 heterocycles. The van der Waals surface area contributed by atoms with Gasteiger partial charge in [0.15, 0.2) is 11.5 Å². The van der Waals surface area contributed by atoms with E-state index in [-0.39, 0.29) is 0 Å². The van der Waals surface area contributed by atoms with Crippen LogP contribution in [-0.2, 0) is 6.54 Å². The molecule has 0 saturated heterocycles. The van der Waals surface area contributed by atoms with Gasteiger partial charge < -0.3 is 19.0 Å². The van der Waals surface area contributed by atoms with Crippen LogP contribution in [0.2, 0.25) is 0 Å². The zero-order valence-electron chi connectivity index (χ0n) is 15.7. The summed E-state index contributed by atoms with van der Waals surface area (Å²) in [5, 5.41) is 0. The number of hydrogen-bond acceptors (Lipinski definition) is 4. The standard InChI is InChI=1S/C22H22N4O2/c1-27-19-10-5-9-18(22(19)28-14-6-12-26-13-11-23-16-26)21-20(24-15-25-21)17-7-3-2-4-8-17/h2-5,7-11,13,15-16H,6,12,14H2,1H3,(H,24,25). The Kier molecular flexibility index (Phi) is 5.38. The third kappa shape index (κ3) is 3.76. The molecular weight excluding hydrogens is 352 g/mol. The maximum Gasteiger partial charge on any atom is 0.170 e. The van der Waals surface area contributed by atoms with Crippen LogP contribution in [0, 0.1) is 0 Å². The van der Waals surface area contributed by atoms with Crippen molar-refractivity contribution in [3.05, 3.63) is 73.6 Å². The summed E-state index contributed by atoms with van der Waals surface area (Å²) in [6.45, 7) is 1.42. The molecule has 0 aliphatic rings. The first-order valence-corrected chi connectivity index (χ1v) is 9.21. The van der Waals surface area contributed by atoms with Crippen molar-refractivity contribution in [1.82, 2.24) is 19.5 Å². The van der Waals surface area contributed by atoms with Crippen LogP contribution in [0.3, 0.4) is 0 Å². The van der Waals surface area contributed by atoms with Crippen LogP contribution in [0.25, 0.3) is 22.5 Å². The van der Waals surface area contributed by atoms with E-state index >= 15 is 0 Å². The van der Waals surface area contributed by atoms with E-state index in [2.05, 4.69) is 15.0 Å². The summed E-state index contributed by atoms with van der Waals surface area (Å²) >= 11 is 0. The highest BCUT2D eigenvalue weighted by Crippen LogP contribution is 2.40. The highest BCUT2D eigenvalue weighted by molar-refractivity contribution is 5.82. The number of methoxy groups -OCH3 is 1. The molecule has 4 aromatic rings. The Balaban J connectivity index is 1.60. The molecule has 0 amide bonds. The van der Waals surface area contributed by atoms with Crippen LogP contribution in [0.5, 0.6) is 11.5 Å². The van der Waals surface area contributed by atoms with E-state index in [1.54, 1.807) is 19.6 Å². The SMILES string of the molecule is COc1cccc(-c2[nH]cnc2-c2ccccc2)c1OCCCn1ccnc1. The van der Waals surface area contributed by atoms with Crippen molar-refractivity contribution in [1.29, 1.82) is 0 Å². The van der Waals surface area contributed by atoms with Crippen LogP contribution in [-0.4, -0.2) is 33.2 Å². The predicted octanol–water partition coefficient (Wildman–Crippen LogP) is 4.42. The number of para-hydroxylation sites is 1. The highest BCUT2D eigenvalue weighted by atomic mass is 16.5. The van der Waals surface area contributed by atoms with Gasteiger partial charge in [0, 0.05) is 30.1 Å². The molecule has 0 radical (unpaired) electrons. The number of aromatic nitrogens is 4. The number of imidazole rings is 2. The van der Waals surface area contributed by atoms with Gasteiger partial charge in [-0.3, -0.25) is 0 Å². The minimum Gasteiger partial charge on any atom is -0.493 e. The number of aromatic amines is 1. The Bertz CT molecular complexity index is 1010. The molecule has 2 aromatic carbocycles. The summed E-state index contributed by atoms with van der Waals surface area (Å²) in [4.78, 5) is 11.9. The summed E-state index contributed by atoms with van der Waals surface area (Å²) < 4.78 is 13.8. The molecule has 0 atom stereocenters. The number of rotatable bonds is 8. The van der Waals surface area contributed by atoms with E-state index in [1.807, 2.05) is 65.6 Å². The Morgan fingerprint density at radius 1 is 1.07 bits per heavy atom. The number of nitrogens with zero attached hydrogens (tertiary/aromatic N) is 3. The number of ether oxygens (including phenoxy) is 2. The van der Waals surface area contributed by atoms with Gasteiger partial charge in [-0.15, -0.1) is 0 Å². The van der Waals surface area contributed by atoms with Crippen molar-refractivity contribution in [2.45, 2.75) is 13.0 Å². The molecule has 0 unspecified atom stereocenters. The maximum absolute atomic E-state index is 6.17. The Morgan fingerprint density at radius 2 is 1.96 bits per heavy atom. The Hall–Kier alpha value is -3.54. The lowest BCUT2D eigenvalue weighted by Crippen LogP contribution is -2.05. The van der Waals surface area contributed by atoms with Gasteiger partial charge in [-0.1, -0.05) is 36.4 Å². The summed E-state index contributed by atoms with van der Waals surface area (Å²) in [7, 11) is 1.66. The molecule has 28 heavy (non-hydrogen) atoms. The lowest BCUT2D eigenvalue weighted by Gasteiger charge is -2.15. The number of H-pyrrole nitrogens is 1. The van der Waals surface area contributed by atoms with Gasteiger partial charge in [-0.2, -0.15) is 0 Å². The molecule has 0 spiro atoms. The molecule has 2 aromatic heterocycles. The van der Waals surface area contributed by atoms with Crippen molar-refractivity contribution < 1.29 is 9.47 Å². The molecule has 0 saturated carbocycles. The first kappa shape index (κ1) is 17.9. The second-order valence-electron chi connectivity index (χ2n) is 6.33. The fourth-order valence-electron chi connectivity index (χ4n) is 3.18. The quantitative estimate of drug-likeness (QED) is 0.464. The number of aryl methyl sites for hydroxylation is 1. The molecule has 6 heteroatoms. The monoisotopic (exact) mass is 374 g/mol. The number of hydrogen-bond donors (Lipinski definition) is 1. The zero-order chi connectivity index (χ0) is 19.2. The average molecular weight is 374 g/mol. The molecule has 0 aliphatic carbocycles. The van der Waals surface area contributed by atoms with Crippen LogP contribution < -0.4 is 9.47 Å². The number of benzene rings is 2. The van der Waals surface area contributed by atoms with E-state index in [1.165, 1.54) is 0 Å². The van der Waals surface area contributed by atoms with Crippen molar-refractivity contribution in [3.63, 3.8) is 0 Å². The van der Waals surface area contributed by atoms with Crippen LogP contribution in [0.1, 0.15) is 6.42 Å². The van der Waals surface area contributed by atoms with Gasteiger partial charge in [-0.05, 0) is 18.6 Å². The fraction of sp³-hybridized carbons (Fsp3) is 0.182. The minimum absolute atomic E-state index is 0.570. The molecule has 142 valence electrons. The Morgan fingerprint density at radius 3 is 2.75 bits per heavy atom. The maximum atomic E-state index is 6.17. The minimum atomic E-state index is 0.570. The third-order valence-corrected chi connectivity index (χ3v) is 4.52. The van der Waals surface area contributed by atoms with Gasteiger partial charge in [0.2, 0.25) is 0 Å². The second-order valence-corrected chi connectivity index (χ2v) is 6.33. The zero-order valence-corrected chi connectivity index (χ0v) is 15.7. The van der Waals surface area contributed by atoms with Crippen molar-refractivity contribution >= 4 is 0 Å². The van der Waals surface area contributed by atoms with Crippen LogP contribution >= 0.6 is 0 Å². The van der Waals surface area contributed by atoms with Crippen LogP contribution in [0.15, 0.2) is 73.6 Å². The predicted molar refractivity (Wildman–Crippen MR) is 108 cm³/mol. The summed E-state index contributed by atoms with van der Waals surface area (Å²) in [5.41, 5.74) is 3.78. The average Bonchev–Trinajstić information content (AvgIpc) is 3.44. The molecule has 0 aliphatic heterocycles. The van der Waals surface area contributed by atoms with E-state index in [0.717, 1.165) is 41.2 Å². The number of nitrogens with one attached hydrogen (secondary N) is 1. The second kappa shape index (κ2) is 8.43. The Labute approximate surface area is 163 Å². The lowest BCUT2D eigenvalue weighted by atomic mass is 10.0. The molecule has 6 nitrogen and oxygen atoms in total. The van der Waals surface area contributed by atoms with Crippen LogP contribution in [0.4, 0.5) is 0 Å². The van der Waals surface area contributed by atoms with Gasteiger partial charge in [0.05, 0.1) is 37.8 Å². The summed E-state index contributed by atoms with van der Waals surface area (Å²) in [6.07, 6.45) is 8.11. The molecule has 4 rings (SSSR count). The molecular formula is C22H22N4O2. The topological polar surface area (TPSA) is 65.0 Å². The van der Waals surface area contributed by atoms with E-state index in [9.17, 15) is 0 Å². The van der Waals surface area contributed by atoms with Crippen molar-refractivity contribution in [3.8, 4) is 34.0 Å². The highest BCUT2D eigenvalue weighted by Gasteiger charge is 2.18. The molecule has 0 bridgehead atoms. The van der Waals surface area contributed by atoms with E-state index in [4.69, 9.17) is 9.47 Å². The summed E-state index contributed by atoms with van der Waals surface area (Å²) in [6, 6.07) is 16.0. The van der Waals surface area contributed by atoms with Gasteiger partial charge in [0.25, 0.3) is 0 Å². The first-order chi connectivity index (χ1) is 13.9. The third-order valence-electron chi connectivity index (χ3n) is 4.52. The molecule has 1 N–H and O–H groups in total. The van der Waals surface area contributed by atoms with E-state index < -0.39 is 0 Å². The first-order valence-electron chi connectivity index (χ1n) is 9.21. The molecule has 0 fully saturated rings.